The second kappa shape index (κ2) is 16.5. The molecule has 1 amide bonds. The van der Waals surface area contributed by atoms with Crippen molar-refractivity contribution in [1.82, 2.24) is 30.9 Å². The van der Waals surface area contributed by atoms with Crippen LogP contribution in [0.2, 0.25) is 5.02 Å². The minimum Gasteiger partial charge on any atom is -0.481 e. The maximum Gasteiger partial charge on any atom is 0.419 e. The lowest BCUT2D eigenvalue weighted by Crippen LogP contribution is -2.35. The maximum atomic E-state index is 14.5. The van der Waals surface area contributed by atoms with Gasteiger partial charge in [-0.25, -0.2) is 4.98 Å². The molecule has 286 valence electrons. The number of fused-ring (bicyclic) bond motifs is 1. The molecule has 0 bridgehead atoms. The van der Waals surface area contributed by atoms with Crippen LogP contribution in [0.25, 0.3) is 22.5 Å². The predicted octanol–water partition coefficient (Wildman–Crippen LogP) is 6.63. The summed E-state index contributed by atoms with van der Waals surface area (Å²) in [6, 6.07) is 12.3. The highest BCUT2D eigenvalue weighted by atomic mass is 35.5. The van der Waals surface area contributed by atoms with E-state index in [1.54, 1.807) is 13.3 Å². The number of halogens is 4. The van der Waals surface area contributed by atoms with Gasteiger partial charge in [0.15, 0.2) is 0 Å². The molecule has 0 radical (unpaired) electrons. The van der Waals surface area contributed by atoms with Gasteiger partial charge in [0.2, 0.25) is 17.7 Å². The van der Waals surface area contributed by atoms with Gasteiger partial charge in [-0.2, -0.15) is 18.2 Å². The maximum absolute atomic E-state index is 14.5. The third-order valence-corrected chi connectivity index (χ3v) is 10.7. The number of pyridine rings is 3. The van der Waals surface area contributed by atoms with Gasteiger partial charge in [0.05, 0.1) is 42.2 Å². The molecule has 54 heavy (non-hydrogen) atoms. The first-order valence-electron chi connectivity index (χ1n) is 18.2. The predicted molar refractivity (Wildman–Crippen MR) is 198 cm³/mol. The van der Waals surface area contributed by atoms with Crippen molar-refractivity contribution in [2.75, 3.05) is 39.3 Å². The molecule has 1 aromatic carbocycles. The van der Waals surface area contributed by atoms with E-state index in [9.17, 15) is 18.0 Å². The third-order valence-electron chi connectivity index (χ3n) is 10.3. The summed E-state index contributed by atoms with van der Waals surface area (Å²) in [6.45, 7) is 2.62. The van der Waals surface area contributed by atoms with Crippen molar-refractivity contribution < 1.29 is 32.2 Å². The molecule has 0 saturated carbocycles. The number of aromatic nitrogens is 3. The van der Waals surface area contributed by atoms with Gasteiger partial charge in [-0.3, -0.25) is 9.78 Å². The van der Waals surface area contributed by atoms with Crippen LogP contribution in [0.4, 0.5) is 19.0 Å². The molecular formula is C39H43ClF3N7O4. The van der Waals surface area contributed by atoms with Crippen molar-refractivity contribution in [1.29, 1.82) is 0 Å². The van der Waals surface area contributed by atoms with E-state index >= 15 is 0 Å². The summed E-state index contributed by atoms with van der Waals surface area (Å²) in [7, 11) is 2.98. The molecule has 4 aromatic rings. The number of benzene rings is 1. The summed E-state index contributed by atoms with van der Waals surface area (Å²) in [5, 5.41) is 13.1. The first-order valence-corrected chi connectivity index (χ1v) is 18.5. The normalized spacial score (nSPS) is 18.7. The van der Waals surface area contributed by atoms with Crippen LogP contribution in [0.1, 0.15) is 66.0 Å². The van der Waals surface area contributed by atoms with Gasteiger partial charge in [-0.05, 0) is 61.4 Å². The molecule has 11 nitrogen and oxygen atoms in total. The molecule has 7 rings (SSSR count). The zero-order valence-electron chi connectivity index (χ0n) is 30.1. The minimum atomic E-state index is -4.67. The topological polar surface area (TPSA) is 132 Å². The van der Waals surface area contributed by atoms with Gasteiger partial charge in [0.1, 0.15) is 5.82 Å². The van der Waals surface area contributed by atoms with Crippen molar-refractivity contribution in [3.05, 3.63) is 81.5 Å². The summed E-state index contributed by atoms with van der Waals surface area (Å²) in [5.74, 6) is 0.252. The molecule has 0 spiro atoms. The molecule has 0 unspecified atom stereocenters. The monoisotopic (exact) mass is 765 g/mol. The number of hydrogen-bond acceptors (Lipinski definition) is 10. The van der Waals surface area contributed by atoms with Gasteiger partial charge >= 0.3 is 6.18 Å². The fourth-order valence-electron chi connectivity index (χ4n) is 7.49. The second-order valence-electron chi connectivity index (χ2n) is 13.7. The number of rotatable bonds is 13. The lowest BCUT2D eigenvalue weighted by molar-refractivity contribution is -0.137. The fourth-order valence-corrected chi connectivity index (χ4v) is 7.80. The molecule has 4 N–H and O–H groups in total. The number of ether oxygens (including phenoxy) is 3. The smallest absolute Gasteiger partial charge is 0.419 e. The average Bonchev–Trinajstić information content (AvgIpc) is 3.79. The molecule has 1 aliphatic carbocycles. The third kappa shape index (κ3) is 8.26. The number of anilines is 1. The molecule has 5 heterocycles. The van der Waals surface area contributed by atoms with Crippen molar-refractivity contribution in [3.63, 3.8) is 0 Å². The Morgan fingerprint density at radius 2 is 1.74 bits per heavy atom. The SMILES string of the molecule is COc1nc(-c2ccnc(-c3cccc4c3CC[C@H]4Nc3nc(OC)c(CNC[C@@H]4CCC(=O)N4)cc3C(F)(F)F)c2Cl)ccc1CNC1CCOCC1. The number of methoxy groups -OCH3 is 2. The first kappa shape index (κ1) is 37.8. The number of carbonyl (C=O) groups excluding carboxylic acids is 1. The molecule has 2 saturated heterocycles. The first-order chi connectivity index (χ1) is 26.1. The van der Waals surface area contributed by atoms with E-state index in [1.165, 1.54) is 7.11 Å². The molecule has 3 aliphatic rings. The van der Waals surface area contributed by atoms with Crippen LogP contribution in [-0.4, -0.2) is 66.9 Å². The molecule has 3 aromatic heterocycles. The van der Waals surface area contributed by atoms with Gasteiger partial charge in [0.25, 0.3) is 0 Å². The highest BCUT2D eigenvalue weighted by Crippen LogP contribution is 2.44. The standard InChI is InChI=1S/C39H43ClF3N7O4/c1-52-37-22(20-46-24-13-16-54-17-14-24)6-9-32(49-37)29-12-15-45-35(34(29)40)28-5-3-4-27-26(28)8-10-31(27)48-36-30(39(41,42)43)18-23(38(50-36)53-2)19-44-21-25-7-11-33(51)47-25/h3-6,9,12,15,18,24-25,31,44,46H,7-8,10-11,13-14,16-17,19-21H2,1-2H3,(H,47,51)(H,48,50)/t25-,31+/m0/s1. The van der Waals surface area contributed by atoms with Gasteiger partial charge < -0.3 is 35.5 Å². The summed E-state index contributed by atoms with van der Waals surface area (Å²) < 4.78 is 60.1. The van der Waals surface area contributed by atoms with Gasteiger partial charge in [0, 0.05) is 79.8 Å². The Morgan fingerprint density at radius 1 is 0.944 bits per heavy atom. The van der Waals surface area contributed by atoms with E-state index in [1.807, 2.05) is 36.4 Å². The minimum absolute atomic E-state index is 0.0292. The molecular weight excluding hydrogens is 723 g/mol. The van der Waals surface area contributed by atoms with Gasteiger partial charge in [-0.15, -0.1) is 0 Å². The Morgan fingerprint density at radius 3 is 2.48 bits per heavy atom. The molecule has 15 heteroatoms. The van der Waals surface area contributed by atoms with Gasteiger partial charge in [-0.1, -0.05) is 35.9 Å². The second-order valence-corrected chi connectivity index (χ2v) is 14.1. The van der Waals surface area contributed by atoms with E-state index in [0.29, 0.717) is 72.7 Å². The quantitative estimate of drug-likeness (QED) is 0.118. The largest absolute Gasteiger partial charge is 0.481 e. The number of hydrogen-bond donors (Lipinski definition) is 4. The Kier molecular flexibility index (Phi) is 11.5. The zero-order chi connectivity index (χ0) is 37.8. The van der Waals surface area contributed by atoms with E-state index in [-0.39, 0.29) is 35.8 Å². The summed E-state index contributed by atoms with van der Waals surface area (Å²) in [5.41, 5.74) is 4.77. The summed E-state index contributed by atoms with van der Waals surface area (Å²) in [4.78, 5) is 25.3. The van der Waals surface area contributed by atoms with Crippen LogP contribution in [-0.2, 0) is 35.2 Å². The lowest BCUT2D eigenvalue weighted by Gasteiger charge is -2.23. The highest BCUT2D eigenvalue weighted by Gasteiger charge is 2.37. The van der Waals surface area contributed by atoms with Crippen LogP contribution in [0.5, 0.6) is 11.8 Å². The lowest BCUT2D eigenvalue weighted by atomic mass is 9.98. The average molecular weight is 766 g/mol. The van der Waals surface area contributed by atoms with E-state index in [2.05, 4.69) is 31.2 Å². The number of alkyl halides is 3. The van der Waals surface area contributed by atoms with Crippen LogP contribution in [0, 0.1) is 0 Å². The van der Waals surface area contributed by atoms with Crippen LogP contribution < -0.4 is 30.7 Å². The highest BCUT2D eigenvalue weighted by molar-refractivity contribution is 6.35. The van der Waals surface area contributed by atoms with E-state index < -0.39 is 17.8 Å². The summed E-state index contributed by atoms with van der Waals surface area (Å²) in [6.07, 6.45) is 1.15. The Hall–Kier alpha value is -4.50. The van der Waals surface area contributed by atoms with Crippen molar-refractivity contribution in [2.24, 2.45) is 0 Å². The number of amides is 1. The van der Waals surface area contributed by atoms with Crippen LogP contribution in [0.15, 0.2) is 48.7 Å². The number of nitrogens with one attached hydrogen (secondary N) is 4. The fraction of sp³-hybridized carbons (Fsp3) is 0.436. The van der Waals surface area contributed by atoms with Crippen molar-refractivity contribution in [2.45, 2.75) is 75.9 Å². The summed E-state index contributed by atoms with van der Waals surface area (Å²) >= 11 is 7.09. The Bertz CT molecular complexity index is 1990. The molecule has 2 atom stereocenters. The Balaban J connectivity index is 1.12. The van der Waals surface area contributed by atoms with Crippen LogP contribution in [0.3, 0.4) is 0 Å². The molecule has 2 fully saturated rings. The van der Waals surface area contributed by atoms with E-state index in [4.69, 9.17) is 30.8 Å². The van der Waals surface area contributed by atoms with Crippen molar-refractivity contribution in [3.8, 4) is 34.3 Å². The Labute approximate surface area is 316 Å². The number of carbonyl (C=O) groups is 1. The van der Waals surface area contributed by atoms with E-state index in [0.717, 1.165) is 54.4 Å². The number of nitrogens with zero attached hydrogens (tertiary/aromatic N) is 3. The van der Waals surface area contributed by atoms with Crippen molar-refractivity contribution >= 4 is 23.3 Å². The molecule has 2 aliphatic heterocycles. The zero-order valence-corrected chi connectivity index (χ0v) is 30.9. The van der Waals surface area contributed by atoms with Crippen LogP contribution >= 0.6 is 11.6 Å².